The summed E-state index contributed by atoms with van der Waals surface area (Å²) >= 11 is 0. The molecule has 0 saturated carbocycles. The number of rotatable bonds is 1. The van der Waals surface area contributed by atoms with E-state index in [2.05, 4.69) is 10.3 Å². The molecule has 4 heteroatoms. The predicted octanol–water partition coefficient (Wildman–Crippen LogP) is 2.60. The van der Waals surface area contributed by atoms with Crippen molar-refractivity contribution in [2.24, 2.45) is 0 Å². The smallest absolute Gasteiger partial charge is 0.256 e. The van der Waals surface area contributed by atoms with Crippen LogP contribution in [0.3, 0.4) is 0 Å². The second kappa shape index (κ2) is 3.77. The van der Waals surface area contributed by atoms with Crippen molar-refractivity contribution in [3.8, 4) is 5.75 Å². The number of carbonyl (C=O) groups excluding carboxylic acids is 1. The van der Waals surface area contributed by atoms with Crippen LogP contribution in [0.1, 0.15) is 18.2 Å². The summed E-state index contributed by atoms with van der Waals surface area (Å²) < 4.78 is 0. The quantitative estimate of drug-likeness (QED) is 0.530. The minimum absolute atomic E-state index is 0.136. The van der Waals surface area contributed by atoms with Gasteiger partial charge in [-0.2, -0.15) is 0 Å². The van der Waals surface area contributed by atoms with Crippen molar-refractivity contribution in [3.63, 3.8) is 0 Å². The first-order valence-electron chi connectivity index (χ1n) is 5.66. The van der Waals surface area contributed by atoms with Gasteiger partial charge in [-0.15, -0.1) is 0 Å². The molecule has 2 heterocycles. The fraction of sp³-hybridized carbons (Fsp3) is 0.0714. The van der Waals surface area contributed by atoms with E-state index in [1.807, 2.05) is 25.3 Å². The lowest BCUT2D eigenvalue weighted by Gasteiger charge is -2.04. The zero-order valence-electron chi connectivity index (χ0n) is 9.82. The summed E-state index contributed by atoms with van der Waals surface area (Å²) in [7, 11) is 0. The third-order valence-corrected chi connectivity index (χ3v) is 3.12. The van der Waals surface area contributed by atoms with Gasteiger partial charge in [0.15, 0.2) is 0 Å². The van der Waals surface area contributed by atoms with Gasteiger partial charge in [-0.05, 0) is 42.8 Å². The minimum Gasteiger partial charge on any atom is -0.508 e. The van der Waals surface area contributed by atoms with E-state index < -0.39 is 0 Å². The molecular formula is C14H12N2O2. The van der Waals surface area contributed by atoms with E-state index in [0.29, 0.717) is 5.57 Å². The number of hydrogen-bond donors (Lipinski definition) is 3. The lowest BCUT2D eigenvalue weighted by atomic mass is 10.00. The van der Waals surface area contributed by atoms with Crippen molar-refractivity contribution in [1.82, 2.24) is 4.98 Å². The number of allylic oxidation sites excluding steroid dienone is 1. The molecule has 18 heavy (non-hydrogen) atoms. The Morgan fingerprint density at radius 2 is 2.11 bits per heavy atom. The number of H-pyrrole nitrogens is 1. The number of carbonyl (C=O) groups is 1. The van der Waals surface area contributed by atoms with E-state index in [1.165, 1.54) is 0 Å². The normalized spacial score (nSPS) is 16.4. The number of aromatic amines is 1. The van der Waals surface area contributed by atoms with E-state index in [-0.39, 0.29) is 11.7 Å². The number of amides is 1. The minimum atomic E-state index is -0.136. The Balaban J connectivity index is 2.23. The number of anilines is 1. The second-order valence-electron chi connectivity index (χ2n) is 4.27. The summed E-state index contributed by atoms with van der Waals surface area (Å²) in [4.78, 5) is 15.1. The highest BCUT2D eigenvalue weighted by atomic mass is 16.3. The molecule has 1 aliphatic heterocycles. The molecular weight excluding hydrogens is 228 g/mol. The SMILES string of the molecule is C/C(=C1\C(=O)Nc2ccc(O)cc21)c1ccc[nH]1. The van der Waals surface area contributed by atoms with Gasteiger partial charge in [0, 0.05) is 23.1 Å². The van der Waals surface area contributed by atoms with Crippen LogP contribution in [0.15, 0.2) is 36.5 Å². The Hall–Kier alpha value is -2.49. The summed E-state index contributed by atoms with van der Waals surface area (Å²) in [5.41, 5.74) is 3.84. The van der Waals surface area contributed by atoms with Crippen molar-refractivity contribution in [1.29, 1.82) is 0 Å². The summed E-state index contributed by atoms with van der Waals surface area (Å²) in [6.45, 7) is 1.89. The van der Waals surface area contributed by atoms with Crippen LogP contribution in [0.2, 0.25) is 0 Å². The molecule has 0 unspecified atom stereocenters. The maximum atomic E-state index is 12.0. The van der Waals surface area contributed by atoms with Crippen LogP contribution in [0.25, 0.3) is 11.1 Å². The fourth-order valence-corrected chi connectivity index (χ4v) is 2.23. The second-order valence-corrected chi connectivity index (χ2v) is 4.27. The van der Waals surface area contributed by atoms with E-state index in [4.69, 9.17) is 0 Å². The van der Waals surface area contributed by atoms with Crippen LogP contribution < -0.4 is 5.32 Å². The molecule has 0 fully saturated rings. The largest absolute Gasteiger partial charge is 0.508 e. The molecule has 3 N–H and O–H groups in total. The van der Waals surface area contributed by atoms with Crippen LogP contribution >= 0.6 is 0 Å². The molecule has 0 radical (unpaired) electrons. The van der Waals surface area contributed by atoms with Crippen molar-refractivity contribution >= 4 is 22.7 Å². The maximum absolute atomic E-state index is 12.0. The third-order valence-electron chi connectivity index (χ3n) is 3.12. The monoisotopic (exact) mass is 240 g/mol. The Kier molecular flexibility index (Phi) is 2.23. The Morgan fingerprint density at radius 1 is 1.28 bits per heavy atom. The van der Waals surface area contributed by atoms with Crippen molar-refractivity contribution < 1.29 is 9.90 Å². The van der Waals surface area contributed by atoms with Gasteiger partial charge in [0.1, 0.15) is 5.75 Å². The zero-order chi connectivity index (χ0) is 12.7. The highest BCUT2D eigenvalue weighted by Gasteiger charge is 2.26. The van der Waals surface area contributed by atoms with Crippen LogP contribution in [0.5, 0.6) is 5.75 Å². The lowest BCUT2D eigenvalue weighted by Crippen LogP contribution is -2.05. The topological polar surface area (TPSA) is 65.1 Å². The number of phenols is 1. The Bertz CT molecular complexity index is 654. The van der Waals surface area contributed by atoms with Gasteiger partial charge in [0.2, 0.25) is 0 Å². The van der Waals surface area contributed by atoms with Crippen molar-refractivity contribution in [2.45, 2.75) is 6.92 Å². The molecule has 1 amide bonds. The summed E-state index contributed by atoms with van der Waals surface area (Å²) in [6.07, 6.45) is 1.82. The van der Waals surface area contributed by atoms with E-state index >= 15 is 0 Å². The molecule has 1 aliphatic rings. The Labute approximate surface area is 104 Å². The summed E-state index contributed by atoms with van der Waals surface area (Å²) in [5, 5.41) is 12.3. The first-order chi connectivity index (χ1) is 8.66. The van der Waals surface area contributed by atoms with Crippen LogP contribution in [-0.2, 0) is 4.79 Å². The standard InChI is InChI=1S/C14H12N2O2/c1-8(11-3-2-6-15-11)13-10-7-9(17)4-5-12(10)16-14(13)18/h2-7,15,17H,1H3,(H,16,18)/b13-8+. The molecule has 0 spiro atoms. The van der Waals surface area contributed by atoms with Gasteiger partial charge in [-0.25, -0.2) is 0 Å². The molecule has 1 aromatic heterocycles. The number of fused-ring (bicyclic) bond motifs is 1. The molecule has 0 atom stereocenters. The number of aromatic hydroxyl groups is 1. The summed E-state index contributed by atoms with van der Waals surface area (Å²) in [5.74, 6) is 0.0183. The van der Waals surface area contributed by atoms with Gasteiger partial charge in [-0.1, -0.05) is 0 Å². The molecule has 0 bridgehead atoms. The number of hydrogen-bond acceptors (Lipinski definition) is 2. The number of phenolic OH excluding ortho intramolecular Hbond substituents is 1. The average Bonchev–Trinajstić information content (AvgIpc) is 2.94. The molecule has 90 valence electrons. The van der Waals surface area contributed by atoms with Crippen LogP contribution in [0, 0.1) is 0 Å². The Morgan fingerprint density at radius 3 is 2.83 bits per heavy atom. The average molecular weight is 240 g/mol. The van der Waals surface area contributed by atoms with Crippen LogP contribution in [-0.4, -0.2) is 16.0 Å². The van der Waals surface area contributed by atoms with E-state index in [9.17, 15) is 9.90 Å². The number of nitrogens with one attached hydrogen (secondary N) is 2. The fourth-order valence-electron chi connectivity index (χ4n) is 2.23. The van der Waals surface area contributed by atoms with E-state index in [0.717, 1.165) is 22.5 Å². The van der Waals surface area contributed by atoms with Gasteiger partial charge >= 0.3 is 0 Å². The number of benzene rings is 1. The van der Waals surface area contributed by atoms with Crippen molar-refractivity contribution in [2.75, 3.05) is 5.32 Å². The highest BCUT2D eigenvalue weighted by Crippen LogP contribution is 2.38. The third kappa shape index (κ3) is 1.50. The zero-order valence-corrected chi connectivity index (χ0v) is 9.82. The highest BCUT2D eigenvalue weighted by molar-refractivity contribution is 6.36. The van der Waals surface area contributed by atoms with Crippen LogP contribution in [0.4, 0.5) is 5.69 Å². The predicted molar refractivity (Wildman–Crippen MR) is 70.0 cm³/mol. The van der Waals surface area contributed by atoms with Gasteiger partial charge in [-0.3, -0.25) is 4.79 Å². The first kappa shape index (κ1) is 10.7. The van der Waals surface area contributed by atoms with Gasteiger partial charge < -0.3 is 15.4 Å². The van der Waals surface area contributed by atoms with Gasteiger partial charge in [0.05, 0.1) is 5.57 Å². The first-order valence-corrected chi connectivity index (χ1v) is 5.66. The molecule has 0 aliphatic carbocycles. The number of aromatic nitrogens is 1. The molecule has 1 aromatic carbocycles. The summed E-state index contributed by atoms with van der Waals surface area (Å²) in [6, 6.07) is 8.67. The lowest BCUT2D eigenvalue weighted by molar-refractivity contribution is -0.110. The van der Waals surface area contributed by atoms with Gasteiger partial charge in [0.25, 0.3) is 5.91 Å². The maximum Gasteiger partial charge on any atom is 0.256 e. The van der Waals surface area contributed by atoms with E-state index in [1.54, 1.807) is 18.2 Å². The van der Waals surface area contributed by atoms with Crippen molar-refractivity contribution in [3.05, 3.63) is 47.8 Å². The molecule has 3 rings (SSSR count). The molecule has 2 aromatic rings. The molecule has 0 saturated heterocycles. The molecule has 4 nitrogen and oxygen atoms in total.